The Labute approximate surface area is 148 Å². The fourth-order valence-electron chi connectivity index (χ4n) is 3.73. The molecule has 2 aliphatic rings. The molecular formula is C19H26FN3O2. The third-order valence-corrected chi connectivity index (χ3v) is 5.19. The fraction of sp³-hybridized carbons (Fsp3) is 0.579. The number of halogens is 1. The molecule has 2 amide bonds. The van der Waals surface area contributed by atoms with Gasteiger partial charge in [-0.05, 0) is 37.5 Å². The van der Waals surface area contributed by atoms with Crippen LogP contribution >= 0.6 is 0 Å². The molecule has 0 radical (unpaired) electrons. The predicted octanol–water partition coefficient (Wildman–Crippen LogP) is 2.61. The van der Waals surface area contributed by atoms with Gasteiger partial charge in [-0.1, -0.05) is 31.4 Å². The van der Waals surface area contributed by atoms with Crippen molar-refractivity contribution in [3.8, 4) is 0 Å². The topological polar surface area (TPSA) is 52.7 Å². The van der Waals surface area contributed by atoms with E-state index < -0.39 is 0 Å². The van der Waals surface area contributed by atoms with Crippen LogP contribution < -0.4 is 5.43 Å². The average Bonchev–Trinajstić information content (AvgIpc) is 2.92. The summed E-state index contributed by atoms with van der Waals surface area (Å²) < 4.78 is 13.2. The summed E-state index contributed by atoms with van der Waals surface area (Å²) in [7, 11) is 0. The number of rotatable bonds is 5. The van der Waals surface area contributed by atoms with E-state index in [9.17, 15) is 14.0 Å². The van der Waals surface area contributed by atoms with Crippen molar-refractivity contribution in [2.75, 3.05) is 6.54 Å². The van der Waals surface area contributed by atoms with E-state index in [0.717, 1.165) is 31.2 Å². The minimum absolute atomic E-state index is 0.0188. The normalized spacial score (nSPS) is 22.0. The number of hydrazine groups is 1. The second-order valence-electron chi connectivity index (χ2n) is 7.16. The molecule has 6 heteroatoms. The van der Waals surface area contributed by atoms with E-state index in [2.05, 4.69) is 5.43 Å². The Hall–Kier alpha value is -1.95. The zero-order valence-electron chi connectivity index (χ0n) is 14.7. The van der Waals surface area contributed by atoms with Crippen molar-refractivity contribution in [3.63, 3.8) is 0 Å². The molecule has 0 spiro atoms. The van der Waals surface area contributed by atoms with E-state index in [1.807, 2.05) is 11.8 Å². The highest BCUT2D eigenvalue weighted by Gasteiger charge is 2.32. The highest BCUT2D eigenvalue weighted by molar-refractivity contribution is 5.82. The van der Waals surface area contributed by atoms with Gasteiger partial charge in [-0.2, -0.15) is 0 Å². The van der Waals surface area contributed by atoms with Crippen LogP contribution in [0.5, 0.6) is 0 Å². The molecule has 2 fully saturated rings. The van der Waals surface area contributed by atoms with Crippen LogP contribution in [0.25, 0.3) is 0 Å². The van der Waals surface area contributed by atoms with Crippen molar-refractivity contribution >= 4 is 11.8 Å². The Morgan fingerprint density at radius 3 is 2.52 bits per heavy atom. The molecular weight excluding hydrogens is 321 g/mol. The van der Waals surface area contributed by atoms with Gasteiger partial charge in [-0.15, -0.1) is 0 Å². The molecule has 0 bridgehead atoms. The molecule has 1 atom stereocenters. The van der Waals surface area contributed by atoms with Gasteiger partial charge in [0.05, 0.1) is 6.54 Å². The maximum absolute atomic E-state index is 13.2. The molecule has 1 heterocycles. The van der Waals surface area contributed by atoms with Crippen LogP contribution in [0.1, 0.15) is 51.0 Å². The second-order valence-corrected chi connectivity index (χ2v) is 7.16. The summed E-state index contributed by atoms with van der Waals surface area (Å²) in [6.45, 7) is 2.61. The van der Waals surface area contributed by atoms with Crippen molar-refractivity contribution in [1.82, 2.24) is 15.3 Å². The highest BCUT2D eigenvalue weighted by Crippen LogP contribution is 2.25. The number of hydrogen-bond acceptors (Lipinski definition) is 3. The van der Waals surface area contributed by atoms with Crippen molar-refractivity contribution < 1.29 is 14.0 Å². The Balaban J connectivity index is 1.71. The van der Waals surface area contributed by atoms with Gasteiger partial charge in [-0.3, -0.25) is 15.0 Å². The number of hydrogen-bond donors (Lipinski definition) is 1. The standard InChI is InChI=1S/C19H26FN3O2/c1-14-11-18(24)21-23(14)13-19(25)22(17-5-3-2-4-6-17)12-15-7-9-16(20)10-8-15/h7-10,14,17H,2-6,11-13H2,1H3,(H,21,24). The molecule has 3 rings (SSSR count). The predicted molar refractivity (Wildman–Crippen MR) is 92.8 cm³/mol. The van der Waals surface area contributed by atoms with Crippen LogP contribution in [0.15, 0.2) is 24.3 Å². The molecule has 1 aromatic rings. The van der Waals surface area contributed by atoms with Crippen LogP contribution in [-0.4, -0.2) is 40.4 Å². The maximum atomic E-state index is 13.2. The van der Waals surface area contributed by atoms with E-state index in [1.165, 1.54) is 18.6 Å². The van der Waals surface area contributed by atoms with Crippen molar-refractivity contribution in [3.05, 3.63) is 35.6 Å². The van der Waals surface area contributed by atoms with Gasteiger partial charge >= 0.3 is 0 Å². The Morgan fingerprint density at radius 1 is 1.24 bits per heavy atom. The van der Waals surface area contributed by atoms with Crippen molar-refractivity contribution in [1.29, 1.82) is 0 Å². The quantitative estimate of drug-likeness (QED) is 0.891. The van der Waals surface area contributed by atoms with E-state index in [4.69, 9.17) is 0 Å². The first-order valence-corrected chi connectivity index (χ1v) is 9.13. The van der Waals surface area contributed by atoms with E-state index in [1.54, 1.807) is 17.1 Å². The third-order valence-electron chi connectivity index (χ3n) is 5.19. The summed E-state index contributed by atoms with van der Waals surface area (Å²) in [6.07, 6.45) is 5.93. The number of nitrogens with one attached hydrogen (secondary N) is 1. The van der Waals surface area contributed by atoms with Crippen LogP contribution in [-0.2, 0) is 16.1 Å². The summed E-state index contributed by atoms with van der Waals surface area (Å²) in [5.41, 5.74) is 3.69. The molecule has 1 unspecified atom stereocenters. The first kappa shape index (κ1) is 17.9. The van der Waals surface area contributed by atoms with Crippen molar-refractivity contribution in [2.45, 2.75) is 64.1 Å². The van der Waals surface area contributed by atoms with E-state index in [0.29, 0.717) is 13.0 Å². The number of nitrogens with zero attached hydrogens (tertiary/aromatic N) is 2. The molecule has 25 heavy (non-hydrogen) atoms. The lowest BCUT2D eigenvalue weighted by Gasteiger charge is -2.36. The molecule has 1 aromatic carbocycles. The molecule has 1 saturated heterocycles. The second kappa shape index (κ2) is 7.95. The van der Waals surface area contributed by atoms with Gasteiger partial charge in [0, 0.05) is 25.0 Å². The van der Waals surface area contributed by atoms with Crippen LogP contribution in [0, 0.1) is 5.82 Å². The summed E-state index contributed by atoms with van der Waals surface area (Å²) in [6, 6.07) is 6.58. The molecule has 1 aliphatic heterocycles. The van der Waals surface area contributed by atoms with Gasteiger partial charge < -0.3 is 4.90 Å². The largest absolute Gasteiger partial charge is 0.334 e. The molecule has 0 aromatic heterocycles. The van der Waals surface area contributed by atoms with Gasteiger partial charge in [-0.25, -0.2) is 9.40 Å². The molecule has 136 valence electrons. The third kappa shape index (κ3) is 4.57. The van der Waals surface area contributed by atoms with Gasteiger partial charge in [0.25, 0.3) is 0 Å². The lowest BCUT2D eigenvalue weighted by atomic mass is 9.93. The SMILES string of the molecule is CC1CC(=O)NN1CC(=O)N(Cc1ccc(F)cc1)C1CCCCC1. The van der Waals surface area contributed by atoms with E-state index in [-0.39, 0.29) is 36.3 Å². The summed E-state index contributed by atoms with van der Waals surface area (Å²) in [5, 5.41) is 1.73. The fourth-order valence-corrected chi connectivity index (χ4v) is 3.73. The highest BCUT2D eigenvalue weighted by atomic mass is 19.1. The molecule has 1 aliphatic carbocycles. The van der Waals surface area contributed by atoms with E-state index >= 15 is 0 Å². The molecule has 1 N–H and O–H groups in total. The Kier molecular flexibility index (Phi) is 5.68. The minimum Gasteiger partial charge on any atom is -0.334 e. The Morgan fingerprint density at radius 2 is 1.92 bits per heavy atom. The maximum Gasteiger partial charge on any atom is 0.239 e. The zero-order chi connectivity index (χ0) is 17.8. The Bertz CT molecular complexity index is 614. The monoisotopic (exact) mass is 347 g/mol. The summed E-state index contributed by atoms with van der Waals surface area (Å²) in [5.74, 6) is -0.291. The van der Waals surface area contributed by atoms with Crippen LogP contribution in [0.2, 0.25) is 0 Å². The minimum atomic E-state index is -0.270. The summed E-state index contributed by atoms with van der Waals surface area (Å²) >= 11 is 0. The number of benzene rings is 1. The summed E-state index contributed by atoms with van der Waals surface area (Å²) in [4.78, 5) is 26.4. The molecule has 1 saturated carbocycles. The van der Waals surface area contributed by atoms with Crippen molar-refractivity contribution in [2.24, 2.45) is 0 Å². The van der Waals surface area contributed by atoms with Crippen LogP contribution in [0.4, 0.5) is 4.39 Å². The number of amides is 2. The van der Waals surface area contributed by atoms with Gasteiger partial charge in [0.2, 0.25) is 11.8 Å². The molecule has 5 nitrogen and oxygen atoms in total. The zero-order valence-corrected chi connectivity index (χ0v) is 14.7. The first-order valence-electron chi connectivity index (χ1n) is 9.13. The number of carbonyl (C=O) groups is 2. The number of carbonyl (C=O) groups excluding carboxylic acids is 2. The smallest absolute Gasteiger partial charge is 0.239 e. The lowest BCUT2D eigenvalue weighted by Crippen LogP contribution is -2.49. The van der Waals surface area contributed by atoms with Gasteiger partial charge in [0.15, 0.2) is 0 Å². The average molecular weight is 347 g/mol. The lowest BCUT2D eigenvalue weighted by molar-refractivity contribution is -0.137. The van der Waals surface area contributed by atoms with Gasteiger partial charge in [0.1, 0.15) is 5.82 Å². The van der Waals surface area contributed by atoms with Crippen LogP contribution in [0.3, 0.4) is 0 Å². The first-order chi connectivity index (χ1) is 12.0.